The second-order valence-electron chi connectivity index (χ2n) is 9.11. The van der Waals surface area contributed by atoms with Gasteiger partial charge in [0.05, 0.1) is 10.5 Å². The molecule has 3 N–H and O–H groups in total. The lowest BCUT2D eigenvalue weighted by Gasteiger charge is -2.27. The number of sulfone groups is 2. The number of halogens is 2. The van der Waals surface area contributed by atoms with Crippen molar-refractivity contribution in [2.24, 2.45) is 0 Å². The van der Waals surface area contributed by atoms with Crippen LogP contribution in [0.25, 0.3) is 0 Å². The van der Waals surface area contributed by atoms with Crippen molar-refractivity contribution in [3.8, 4) is 0 Å². The minimum Gasteiger partial charge on any atom is -0.310 e. The molecule has 4 heterocycles. The highest BCUT2D eigenvalue weighted by atomic mass is 35.5. The van der Waals surface area contributed by atoms with Gasteiger partial charge in [-0.25, -0.2) is 33.7 Å². The largest absolute Gasteiger partial charge is 0.310 e. The zero-order valence-corrected chi connectivity index (χ0v) is 27.9. The molecule has 0 saturated heterocycles. The molecule has 2 aromatic heterocycles. The molecule has 2 aromatic rings. The molecule has 224 valence electrons. The third-order valence-electron chi connectivity index (χ3n) is 6.52. The van der Waals surface area contributed by atoms with Crippen LogP contribution in [-0.2, 0) is 39.7 Å². The van der Waals surface area contributed by atoms with Crippen molar-refractivity contribution in [1.29, 1.82) is 0 Å². The highest BCUT2D eigenvalue weighted by molar-refractivity contribution is 8.06. The van der Waals surface area contributed by atoms with E-state index in [4.69, 9.17) is 0 Å². The maximum absolute atomic E-state index is 13.2. The van der Waals surface area contributed by atoms with Crippen LogP contribution < -0.4 is 14.8 Å². The molecular weight excluding hydrogens is 674 g/mol. The lowest BCUT2D eigenvalue weighted by Crippen LogP contribution is -2.33. The highest BCUT2D eigenvalue weighted by Crippen LogP contribution is 2.44. The van der Waals surface area contributed by atoms with Gasteiger partial charge in [-0.1, -0.05) is 18.0 Å². The van der Waals surface area contributed by atoms with Crippen molar-refractivity contribution < 1.29 is 33.7 Å². The van der Waals surface area contributed by atoms with Gasteiger partial charge in [0.15, 0.2) is 19.7 Å². The fourth-order valence-electron chi connectivity index (χ4n) is 4.57. The average molecular weight is 705 g/mol. The Morgan fingerprint density at radius 3 is 1.38 bits per heavy atom. The third-order valence-corrected chi connectivity index (χ3v) is 18.8. The first-order valence-electron chi connectivity index (χ1n) is 11.6. The molecule has 2 aliphatic rings. The number of sulfonamides is 2. The predicted molar refractivity (Wildman–Crippen MR) is 156 cm³/mol. The number of rotatable bonds is 8. The van der Waals surface area contributed by atoms with Crippen molar-refractivity contribution in [2.45, 2.75) is 80.0 Å². The average Bonchev–Trinajstić information content (AvgIpc) is 3.43. The first kappa shape index (κ1) is 34.9. The molecule has 0 aliphatic carbocycles. The minimum absolute atomic E-state index is 0. The number of thiophene rings is 2. The number of hydrogen-bond acceptors (Lipinski definition) is 12. The summed E-state index contributed by atoms with van der Waals surface area (Å²) in [6.07, 6.45) is 0.511. The maximum atomic E-state index is 13.2. The fraction of sp³-hybridized carbons (Fsp3) is 0.600. The molecule has 4 rings (SSSR count). The Morgan fingerprint density at radius 2 is 1.08 bits per heavy atom. The molecule has 0 bridgehead atoms. The summed E-state index contributed by atoms with van der Waals surface area (Å²) in [5.74, 6) is 0. The van der Waals surface area contributed by atoms with E-state index in [1.165, 1.54) is 12.1 Å². The summed E-state index contributed by atoms with van der Waals surface area (Å²) in [5, 5.41) is 4.83. The van der Waals surface area contributed by atoms with Gasteiger partial charge in [0, 0.05) is 23.2 Å². The molecule has 0 saturated carbocycles. The van der Waals surface area contributed by atoms with Gasteiger partial charge in [-0.05, 0) is 51.9 Å². The minimum atomic E-state index is -4.70. The van der Waals surface area contributed by atoms with E-state index < -0.39 is 70.7 Å². The summed E-state index contributed by atoms with van der Waals surface area (Å²) in [4.78, 5) is 0. The maximum Gasteiger partial charge on any atom is 0.263 e. The third kappa shape index (κ3) is 6.23. The Kier molecular flexibility index (Phi) is 10.8. The summed E-state index contributed by atoms with van der Waals surface area (Å²) in [5.41, 5.74) is 0.589. The van der Waals surface area contributed by atoms with Gasteiger partial charge < -0.3 is 10.6 Å². The SMILES string of the molecule is CCN[C@H]1C[C@H](C)S(=O)(=O)c2sc(S(=O)(=O)NS(=O)(=O)c3cc4c(s3)S(=O)(=O)[C@@H](C)C[C@@H]4NCC)cc21.Cl.Cl. The Bertz CT molecular complexity index is 1530. The summed E-state index contributed by atoms with van der Waals surface area (Å²) in [6, 6.07) is 1.60. The smallest absolute Gasteiger partial charge is 0.263 e. The molecule has 0 amide bonds. The van der Waals surface area contributed by atoms with E-state index in [-0.39, 0.29) is 46.1 Å². The van der Waals surface area contributed by atoms with Crippen LogP contribution in [-0.4, -0.2) is 57.3 Å². The van der Waals surface area contributed by atoms with Crippen LogP contribution in [0, 0.1) is 0 Å². The van der Waals surface area contributed by atoms with Crippen LogP contribution in [0.15, 0.2) is 29.0 Å². The lowest BCUT2D eigenvalue weighted by atomic mass is 10.1. The summed E-state index contributed by atoms with van der Waals surface area (Å²) in [7, 11) is -17.0. The Morgan fingerprint density at radius 1 is 0.744 bits per heavy atom. The van der Waals surface area contributed by atoms with E-state index in [0.717, 1.165) is 0 Å². The molecule has 0 spiro atoms. The lowest BCUT2D eigenvalue weighted by molar-refractivity contribution is 0.477. The van der Waals surface area contributed by atoms with Crippen molar-refractivity contribution in [1.82, 2.24) is 14.8 Å². The molecule has 0 unspecified atom stereocenters. The van der Waals surface area contributed by atoms with E-state index in [0.29, 0.717) is 46.9 Å². The van der Waals surface area contributed by atoms with Crippen LogP contribution >= 0.6 is 47.5 Å². The zero-order valence-electron chi connectivity index (χ0n) is 21.3. The predicted octanol–water partition coefficient (Wildman–Crippen LogP) is 2.75. The van der Waals surface area contributed by atoms with Gasteiger partial charge in [-0.2, -0.15) is 0 Å². The molecule has 19 heteroatoms. The monoisotopic (exact) mass is 703 g/mol. The van der Waals surface area contributed by atoms with E-state index in [9.17, 15) is 33.7 Å². The highest BCUT2D eigenvalue weighted by Gasteiger charge is 2.42. The van der Waals surface area contributed by atoms with Crippen LogP contribution in [0.3, 0.4) is 0 Å². The van der Waals surface area contributed by atoms with E-state index in [1.807, 2.05) is 13.8 Å². The van der Waals surface area contributed by atoms with Gasteiger partial charge in [0.25, 0.3) is 20.0 Å². The number of hydrogen-bond donors (Lipinski definition) is 3. The first-order chi connectivity index (χ1) is 17.1. The standard InChI is InChI=1S/C20H29N3O8S6.2ClH/c1-5-21-15-7-11(3)34(24,25)19-13(15)9-17(32-19)36(28,29)23-37(30,31)18-10-14-16(22-6-2)8-12(4)35(26,27)20(14)33-18;;/h9-12,15-16,21-23H,5-8H2,1-4H3;2*1H/t11-,12-,15-,16-;;/m0../s1. The summed E-state index contributed by atoms with van der Waals surface area (Å²) >= 11 is 1.02. The Hall–Kier alpha value is -0.340. The van der Waals surface area contributed by atoms with Gasteiger partial charge in [0.1, 0.15) is 16.8 Å². The first-order valence-corrected chi connectivity index (χ1v) is 19.3. The second kappa shape index (κ2) is 12.1. The second-order valence-corrected chi connectivity index (χ2v) is 20.4. The van der Waals surface area contributed by atoms with Gasteiger partial charge >= 0.3 is 0 Å². The van der Waals surface area contributed by atoms with Crippen molar-refractivity contribution in [3.05, 3.63) is 23.3 Å². The Labute approximate surface area is 250 Å². The summed E-state index contributed by atoms with van der Waals surface area (Å²) in [6.45, 7) is 7.84. The van der Waals surface area contributed by atoms with Gasteiger partial charge in [0.2, 0.25) is 0 Å². The summed E-state index contributed by atoms with van der Waals surface area (Å²) < 4.78 is 105. The molecule has 11 nitrogen and oxygen atoms in total. The quantitative estimate of drug-likeness (QED) is 0.371. The van der Waals surface area contributed by atoms with Gasteiger partial charge in [-0.3, -0.25) is 0 Å². The number of nitrogens with one attached hydrogen (secondary N) is 3. The molecule has 2 aliphatic heterocycles. The van der Waals surface area contributed by atoms with Crippen LogP contribution in [0.2, 0.25) is 0 Å². The van der Waals surface area contributed by atoms with Crippen molar-refractivity contribution >= 4 is 87.2 Å². The van der Waals surface area contributed by atoms with E-state index in [2.05, 4.69) is 10.6 Å². The number of fused-ring (bicyclic) bond motifs is 2. The molecule has 39 heavy (non-hydrogen) atoms. The van der Waals surface area contributed by atoms with Gasteiger partial charge in [-0.15, -0.1) is 47.5 Å². The van der Waals surface area contributed by atoms with Crippen LogP contribution in [0.4, 0.5) is 0 Å². The van der Waals surface area contributed by atoms with Crippen LogP contribution in [0.5, 0.6) is 0 Å². The fourth-order valence-corrected chi connectivity index (χ4v) is 15.8. The zero-order chi connectivity index (χ0) is 27.6. The molecule has 0 radical (unpaired) electrons. The normalized spacial score (nSPS) is 25.5. The van der Waals surface area contributed by atoms with Crippen LogP contribution in [0.1, 0.15) is 63.7 Å². The van der Waals surface area contributed by atoms with E-state index >= 15 is 0 Å². The topological polar surface area (TPSA) is 173 Å². The Balaban J connectivity index is 0.00000267. The molecule has 4 atom stereocenters. The molecule has 0 fully saturated rings. The molecular formula is C20H31Cl2N3O8S6. The molecule has 0 aromatic carbocycles. The van der Waals surface area contributed by atoms with E-state index in [1.54, 1.807) is 18.0 Å². The van der Waals surface area contributed by atoms with Crippen molar-refractivity contribution in [3.63, 3.8) is 0 Å². The van der Waals surface area contributed by atoms with Crippen molar-refractivity contribution in [2.75, 3.05) is 13.1 Å².